The van der Waals surface area contributed by atoms with E-state index in [9.17, 15) is 14.4 Å². The quantitative estimate of drug-likeness (QED) is 0.875. The highest BCUT2D eigenvalue weighted by molar-refractivity contribution is 6.30. The smallest absolute Gasteiger partial charge is 0.336 e. The van der Waals surface area contributed by atoms with Gasteiger partial charge in [-0.05, 0) is 11.6 Å². The maximum Gasteiger partial charge on any atom is 0.336 e. The predicted molar refractivity (Wildman–Crippen MR) is 68.8 cm³/mol. The van der Waals surface area contributed by atoms with E-state index in [2.05, 4.69) is 0 Å². The van der Waals surface area contributed by atoms with Gasteiger partial charge in [0.15, 0.2) is 0 Å². The van der Waals surface area contributed by atoms with Crippen LogP contribution in [0.2, 0.25) is 5.02 Å². The molecule has 0 bridgehead atoms. The van der Waals surface area contributed by atoms with Crippen LogP contribution in [0.3, 0.4) is 0 Å². The molecule has 7 heteroatoms. The molecule has 0 radical (unpaired) electrons. The first-order valence-corrected chi connectivity index (χ1v) is 5.67. The van der Waals surface area contributed by atoms with Crippen LogP contribution in [-0.4, -0.2) is 20.6 Å². The zero-order valence-corrected chi connectivity index (χ0v) is 10.3. The van der Waals surface area contributed by atoms with Crippen molar-refractivity contribution in [3.05, 3.63) is 67.4 Å². The molecule has 0 atom stereocenters. The Hall–Kier alpha value is -2.34. The first kappa shape index (κ1) is 13.1. The molecule has 0 amide bonds. The van der Waals surface area contributed by atoms with Crippen molar-refractivity contribution in [3.63, 3.8) is 0 Å². The van der Waals surface area contributed by atoms with Crippen molar-refractivity contribution in [2.45, 2.75) is 6.54 Å². The molecule has 0 aliphatic rings. The average Bonchev–Trinajstić information content (AvgIpc) is 2.36. The number of carbonyl (C=O) groups is 1. The summed E-state index contributed by atoms with van der Waals surface area (Å²) in [4.78, 5) is 35.8. The number of nitrogens with one attached hydrogen (secondary N) is 1. The van der Waals surface area contributed by atoms with Gasteiger partial charge < -0.3 is 5.11 Å². The highest BCUT2D eigenvalue weighted by Crippen LogP contribution is 2.10. The van der Waals surface area contributed by atoms with Gasteiger partial charge in [0.05, 0.1) is 12.1 Å². The molecule has 0 spiro atoms. The lowest BCUT2D eigenvalue weighted by Crippen LogP contribution is -2.30. The fourth-order valence-electron chi connectivity index (χ4n) is 1.65. The highest BCUT2D eigenvalue weighted by atomic mass is 35.5. The Bertz CT molecular complexity index is 748. The van der Waals surface area contributed by atoms with Gasteiger partial charge in [-0.25, -0.2) is 9.59 Å². The van der Waals surface area contributed by atoms with Gasteiger partial charge in [0.25, 0.3) is 5.56 Å². The summed E-state index contributed by atoms with van der Waals surface area (Å²) in [5, 5.41) is 8.91. The third-order valence-corrected chi connectivity index (χ3v) is 2.83. The summed E-state index contributed by atoms with van der Waals surface area (Å²) in [6.45, 7) is 0.0117. The van der Waals surface area contributed by atoms with Crippen molar-refractivity contribution in [1.82, 2.24) is 9.55 Å². The first-order valence-electron chi connectivity index (χ1n) is 5.29. The zero-order valence-electron chi connectivity index (χ0n) is 9.59. The van der Waals surface area contributed by atoms with Crippen LogP contribution in [0.4, 0.5) is 0 Å². The summed E-state index contributed by atoms with van der Waals surface area (Å²) in [6.07, 6.45) is 1.18. The Kier molecular flexibility index (Phi) is 3.52. The minimum atomic E-state index is -1.08. The van der Waals surface area contributed by atoms with Crippen molar-refractivity contribution < 1.29 is 9.90 Å². The molecule has 2 N–H and O–H groups in total. The second-order valence-electron chi connectivity index (χ2n) is 3.83. The van der Waals surface area contributed by atoms with Gasteiger partial charge in [0.1, 0.15) is 5.02 Å². The molecule has 0 aliphatic carbocycles. The van der Waals surface area contributed by atoms with E-state index in [1.54, 1.807) is 18.2 Å². The highest BCUT2D eigenvalue weighted by Gasteiger charge is 2.10. The number of nitrogens with zero attached hydrogens (tertiary/aromatic N) is 1. The maximum absolute atomic E-state index is 11.6. The Morgan fingerprint density at radius 1 is 1.32 bits per heavy atom. The van der Waals surface area contributed by atoms with Gasteiger partial charge in [-0.15, -0.1) is 0 Å². The lowest BCUT2D eigenvalue weighted by molar-refractivity contribution is 0.0695. The van der Waals surface area contributed by atoms with E-state index in [0.717, 1.165) is 4.57 Å². The molecule has 19 heavy (non-hydrogen) atoms. The summed E-state index contributed by atoms with van der Waals surface area (Å²) in [7, 11) is 0. The van der Waals surface area contributed by atoms with Gasteiger partial charge in [0.2, 0.25) is 0 Å². The molecule has 0 unspecified atom stereocenters. The third kappa shape index (κ3) is 2.74. The van der Waals surface area contributed by atoms with E-state index >= 15 is 0 Å². The number of hydrogen-bond acceptors (Lipinski definition) is 3. The van der Waals surface area contributed by atoms with E-state index in [-0.39, 0.29) is 17.1 Å². The Balaban J connectivity index is 2.48. The predicted octanol–water partition coefficient (Wildman–Crippen LogP) is 0.936. The number of halogens is 1. The lowest BCUT2D eigenvalue weighted by atomic mass is 10.1. The maximum atomic E-state index is 11.6. The summed E-state index contributed by atoms with van der Waals surface area (Å²) in [5.74, 6) is -1.08. The Labute approximate surface area is 111 Å². The topological polar surface area (TPSA) is 92.2 Å². The molecule has 1 heterocycles. The number of benzene rings is 1. The molecule has 0 saturated heterocycles. The van der Waals surface area contributed by atoms with Gasteiger partial charge >= 0.3 is 11.7 Å². The SMILES string of the molecule is O=C(O)c1ccccc1Cn1cc(Cl)c(=O)[nH]c1=O. The van der Waals surface area contributed by atoms with Crippen molar-refractivity contribution in [2.24, 2.45) is 0 Å². The number of rotatable bonds is 3. The first-order chi connectivity index (χ1) is 8.99. The van der Waals surface area contributed by atoms with Crippen molar-refractivity contribution in [1.29, 1.82) is 0 Å². The molecule has 2 rings (SSSR count). The third-order valence-electron chi connectivity index (χ3n) is 2.56. The van der Waals surface area contributed by atoms with Crippen LogP contribution in [0.1, 0.15) is 15.9 Å². The minimum Gasteiger partial charge on any atom is -0.478 e. The number of aromatic carboxylic acids is 1. The van der Waals surface area contributed by atoms with Crippen molar-refractivity contribution in [2.75, 3.05) is 0 Å². The van der Waals surface area contributed by atoms with Crippen LogP contribution < -0.4 is 11.2 Å². The number of aromatic nitrogens is 2. The molecule has 98 valence electrons. The number of hydrogen-bond donors (Lipinski definition) is 2. The van der Waals surface area contributed by atoms with E-state index in [4.69, 9.17) is 16.7 Å². The summed E-state index contributed by atoms with van der Waals surface area (Å²) >= 11 is 5.63. The van der Waals surface area contributed by atoms with Crippen LogP contribution >= 0.6 is 11.6 Å². The summed E-state index contributed by atoms with van der Waals surface area (Å²) in [5.41, 5.74) is -0.777. The minimum absolute atomic E-state index is 0.0117. The Morgan fingerprint density at radius 2 is 2.00 bits per heavy atom. The monoisotopic (exact) mass is 280 g/mol. The van der Waals surface area contributed by atoms with Crippen molar-refractivity contribution >= 4 is 17.6 Å². The van der Waals surface area contributed by atoms with Gasteiger partial charge in [-0.1, -0.05) is 29.8 Å². The second kappa shape index (κ2) is 5.11. The molecular formula is C12H9ClN2O4. The summed E-state index contributed by atoms with van der Waals surface area (Å²) in [6, 6.07) is 6.29. The van der Waals surface area contributed by atoms with Crippen LogP contribution in [-0.2, 0) is 6.54 Å². The molecule has 1 aromatic heterocycles. The largest absolute Gasteiger partial charge is 0.478 e. The van der Waals surface area contributed by atoms with Crippen LogP contribution in [0.25, 0.3) is 0 Å². The fourth-order valence-corrected chi connectivity index (χ4v) is 1.82. The molecule has 0 aliphatic heterocycles. The van der Waals surface area contributed by atoms with E-state index < -0.39 is 17.2 Å². The normalized spacial score (nSPS) is 10.4. The molecule has 2 aromatic rings. The molecule has 6 nitrogen and oxygen atoms in total. The summed E-state index contributed by atoms with van der Waals surface area (Å²) < 4.78 is 1.14. The number of carboxylic acid groups (broad SMARTS) is 1. The zero-order chi connectivity index (χ0) is 14.0. The standard InChI is InChI=1S/C12H9ClN2O4/c13-9-6-15(12(19)14-10(9)16)5-7-3-1-2-4-8(7)11(17)18/h1-4,6H,5H2,(H,17,18)(H,14,16,19). The Morgan fingerprint density at radius 3 is 2.68 bits per heavy atom. The van der Waals surface area contributed by atoms with Crippen LogP contribution in [0, 0.1) is 0 Å². The van der Waals surface area contributed by atoms with E-state index in [1.807, 2.05) is 4.98 Å². The molecule has 0 fully saturated rings. The van der Waals surface area contributed by atoms with Gasteiger partial charge in [-0.3, -0.25) is 14.3 Å². The van der Waals surface area contributed by atoms with Crippen LogP contribution in [0.5, 0.6) is 0 Å². The molecular weight excluding hydrogens is 272 g/mol. The number of aromatic amines is 1. The average molecular weight is 281 g/mol. The van der Waals surface area contributed by atoms with Gasteiger partial charge in [-0.2, -0.15) is 0 Å². The van der Waals surface area contributed by atoms with E-state index in [1.165, 1.54) is 12.3 Å². The van der Waals surface area contributed by atoms with E-state index in [0.29, 0.717) is 5.56 Å². The lowest BCUT2D eigenvalue weighted by Gasteiger charge is -2.08. The number of H-pyrrole nitrogens is 1. The van der Waals surface area contributed by atoms with Gasteiger partial charge in [0, 0.05) is 6.20 Å². The fraction of sp³-hybridized carbons (Fsp3) is 0.0833. The number of carboxylic acids is 1. The molecule has 1 aromatic carbocycles. The second-order valence-corrected chi connectivity index (χ2v) is 4.23. The molecule has 0 saturated carbocycles. The van der Waals surface area contributed by atoms with Crippen molar-refractivity contribution in [3.8, 4) is 0 Å². The van der Waals surface area contributed by atoms with Crippen LogP contribution in [0.15, 0.2) is 40.1 Å².